The van der Waals surface area contributed by atoms with E-state index in [4.69, 9.17) is 37.5 Å². The van der Waals surface area contributed by atoms with Gasteiger partial charge in [0.2, 0.25) is 0 Å². The van der Waals surface area contributed by atoms with Crippen molar-refractivity contribution in [2.75, 3.05) is 32.6 Å². The van der Waals surface area contributed by atoms with Gasteiger partial charge in [0.05, 0.1) is 26.0 Å². The Labute approximate surface area is 198 Å². The van der Waals surface area contributed by atoms with Gasteiger partial charge >= 0.3 is 31.5 Å². The second kappa shape index (κ2) is 14.4. The van der Waals surface area contributed by atoms with Crippen LogP contribution in [0, 0.1) is 0 Å². The summed E-state index contributed by atoms with van der Waals surface area (Å²) in [6.45, 7) is 7.54. The van der Waals surface area contributed by atoms with Crippen molar-refractivity contribution < 1.29 is 61.2 Å². The van der Waals surface area contributed by atoms with Gasteiger partial charge in [-0.15, -0.1) is 0 Å². The van der Waals surface area contributed by atoms with Crippen molar-refractivity contribution in [1.29, 1.82) is 0 Å². The molecule has 1 saturated heterocycles. The molecule has 14 heteroatoms. The van der Waals surface area contributed by atoms with Gasteiger partial charge in [-0.2, -0.15) is 0 Å². The topological polar surface area (TPSA) is 159 Å². The highest BCUT2D eigenvalue weighted by molar-refractivity contribution is 7.53. The summed E-state index contributed by atoms with van der Waals surface area (Å²) < 4.78 is 55.5. The van der Waals surface area contributed by atoms with Gasteiger partial charge in [0.15, 0.2) is 24.6 Å². The lowest BCUT2D eigenvalue weighted by atomic mass is 9.98. The first kappa shape index (κ1) is 30.0. The summed E-state index contributed by atoms with van der Waals surface area (Å²) in [5.74, 6) is -2.89. The zero-order valence-corrected chi connectivity index (χ0v) is 21.1. The minimum Gasteiger partial charge on any atom is -0.463 e. The molecular weight excluding hydrogens is 479 g/mol. The van der Waals surface area contributed by atoms with E-state index >= 15 is 0 Å². The predicted octanol–water partition coefficient (Wildman–Crippen LogP) is 1.35. The Kier molecular flexibility index (Phi) is 12.7. The highest BCUT2D eigenvalue weighted by Gasteiger charge is 2.52. The van der Waals surface area contributed by atoms with E-state index in [0.717, 1.165) is 20.8 Å². The zero-order valence-electron chi connectivity index (χ0n) is 20.2. The van der Waals surface area contributed by atoms with E-state index in [1.807, 2.05) is 0 Å². The van der Waals surface area contributed by atoms with Crippen molar-refractivity contribution in [1.82, 2.24) is 0 Å². The summed E-state index contributed by atoms with van der Waals surface area (Å²) in [5, 5.41) is 0. The van der Waals surface area contributed by atoms with Crippen LogP contribution in [-0.2, 0) is 61.2 Å². The quantitative estimate of drug-likeness (QED) is 0.198. The van der Waals surface area contributed by atoms with Gasteiger partial charge in [0.1, 0.15) is 12.7 Å². The molecule has 0 aromatic carbocycles. The molecule has 0 saturated carbocycles. The third-order valence-electron chi connectivity index (χ3n) is 4.25. The van der Waals surface area contributed by atoms with E-state index in [0.29, 0.717) is 0 Å². The fraction of sp³-hybridized carbons (Fsp3) is 0.800. The van der Waals surface area contributed by atoms with Crippen LogP contribution in [0.5, 0.6) is 0 Å². The van der Waals surface area contributed by atoms with Crippen LogP contribution in [0.3, 0.4) is 0 Å². The zero-order chi connectivity index (χ0) is 25.9. The molecule has 196 valence electrons. The van der Waals surface area contributed by atoms with Crippen LogP contribution in [0.25, 0.3) is 0 Å². The number of carbonyl (C=O) groups is 4. The lowest BCUT2D eigenvalue weighted by Gasteiger charge is -2.44. The molecule has 5 atom stereocenters. The van der Waals surface area contributed by atoms with Crippen LogP contribution in [0.1, 0.15) is 41.5 Å². The third kappa shape index (κ3) is 10.1. The molecule has 1 heterocycles. The summed E-state index contributed by atoms with van der Waals surface area (Å²) in [6, 6.07) is 0. The Morgan fingerprint density at radius 1 is 0.765 bits per heavy atom. The SMILES string of the molecule is CCOP(=O)(CCO[C@@H]1OC(COC(C)=O)[C@@H](OC(C)=O)C(OC(C)=O)C1OC(C)=O)OCC. The number of carbonyl (C=O) groups excluding carboxylic acids is 4. The lowest BCUT2D eigenvalue weighted by molar-refractivity contribution is -0.307. The monoisotopic (exact) mass is 512 g/mol. The molecule has 0 N–H and O–H groups in total. The normalized spacial score (nSPS) is 24.7. The van der Waals surface area contributed by atoms with Crippen LogP contribution < -0.4 is 0 Å². The van der Waals surface area contributed by atoms with Crippen LogP contribution in [0.2, 0.25) is 0 Å². The van der Waals surface area contributed by atoms with Crippen molar-refractivity contribution in [2.45, 2.75) is 72.2 Å². The van der Waals surface area contributed by atoms with Crippen LogP contribution >= 0.6 is 7.60 Å². The second-order valence-corrected chi connectivity index (χ2v) is 9.29. The van der Waals surface area contributed by atoms with E-state index in [1.54, 1.807) is 13.8 Å². The molecule has 0 amide bonds. The molecule has 13 nitrogen and oxygen atoms in total. The molecule has 0 bridgehead atoms. The van der Waals surface area contributed by atoms with Crippen molar-refractivity contribution in [3.05, 3.63) is 0 Å². The molecule has 0 aromatic rings. The number of rotatable bonds is 13. The average Bonchev–Trinajstić information content (AvgIpc) is 2.70. The lowest BCUT2D eigenvalue weighted by Crippen LogP contribution is -2.63. The maximum atomic E-state index is 12.7. The summed E-state index contributed by atoms with van der Waals surface area (Å²) in [5.41, 5.74) is 0. The van der Waals surface area contributed by atoms with Gasteiger partial charge < -0.3 is 37.5 Å². The highest BCUT2D eigenvalue weighted by Crippen LogP contribution is 2.47. The summed E-state index contributed by atoms with van der Waals surface area (Å²) in [4.78, 5) is 46.6. The number of hydrogen-bond donors (Lipinski definition) is 0. The minimum absolute atomic E-state index is 0.149. The van der Waals surface area contributed by atoms with Gasteiger partial charge in [-0.05, 0) is 13.8 Å². The Bertz CT molecular complexity index is 745. The smallest absolute Gasteiger partial charge is 0.332 e. The van der Waals surface area contributed by atoms with Crippen molar-refractivity contribution in [3.63, 3.8) is 0 Å². The molecule has 0 radical (unpaired) electrons. The maximum Gasteiger partial charge on any atom is 0.332 e. The fourth-order valence-corrected chi connectivity index (χ4v) is 4.61. The van der Waals surface area contributed by atoms with E-state index in [9.17, 15) is 23.7 Å². The fourth-order valence-electron chi connectivity index (χ4n) is 3.16. The molecule has 0 aliphatic carbocycles. The van der Waals surface area contributed by atoms with E-state index in [-0.39, 0.29) is 32.6 Å². The van der Waals surface area contributed by atoms with Crippen LogP contribution in [-0.4, -0.2) is 87.2 Å². The maximum absolute atomic E-state index is 12.7. The van der Waals surface area contributed by atoms with Gasteiger partial charge in [-0.3, -0.25) is 23.7 Å². The van der Waals surface area contributed by atoms with Crippen molar-refractivity contribution in [2.24, 2.45) is 0 Å². The standard InChI is InChI=1S/C20H33O13P/c1-7-28-34(25,29-8-2)10-9-26-20-19(32-15(6)24)18(31-14(5)23)17(30-13(4)22)16(33-20)11-27-12(3)21/h16-20H,7-11H2,1-6H3/t16?,17-,18?,19?,20-/m1/s1. The number of esters is 4. The van der Waals surface area contributed by atoms with Crippen molar-refractivity contribution >= 4 is 31.5 Å². The minimum atomic E-state index is -3.46. The first-order chi connectivity index (χ1) is 15.9. The van der Waals surface area contributed by atoms with Crippen LogP contribution in [0.15, 0.2) is 0 Å². The largest absolute Gasteiger partial charge is 0.463 e. The molecule has 0 aromatic heterocycles. The average molecular weight is 512 g/mol. The van der Waals surface area contributed by atoms with Gasteiger partial charge in [0, 0.05) is 27.7 Å². The van der Waals surface area contributed by atoms with Gasteiger partial charge in [-0.25, -0.2) is 0 Å². The number of ether oxygens (including phenoxy) is 6. The third-order valence-corrected chi connectivity index (χ3v) is 6.28. The summed E-state index contributed by atoms with van der Waals surface area (Å²) in [7, 11) is -3.46. The Morgan fingerprint density at radius 3 is 1.74 bits per heavy atom. The Balaban J connectivity index is 3.22. The molecule has 1 fully saturated rings. The molecule has 1 aliphatic heterocycles. The summed E-state index contributed by atoms with van der Waals surface area (Å²) in [6.07, 6.45) is -6.66. The van der Waals surface area contributed by atoms with E-state index in [1.165, 1.54) is 6.92 Å². The second-order valence-electron chi connectivity index (χ2n) is 7.11. The molecule has 1 rings (SSSR count). The predicted molar refractivity (Wildman–Crippen MR) is 114 cm³/mol. The highest BCUT2D eigenvalue weighted by atomic mass is 31.2. The molecule has 0 spiro atoms. The molecule has 34 heavy (non-hydrogen) atoms. The first-order valence-electron chi connectivity index (χ1n) is 10.7. The van der Waals surface area contributed by atoms with Gasteiger partial charge in [-0.1, -0.05) is 0 Å². The summed E-state index contributed by atoms with van der Waals surface area (Å²) >= 11 is 0. The Hall–Kier alpha value is -2.05. The van der Waals surface area contributed by atoms with E-state index in [2.05, 4.69) is 0 Å². The Morgan fingerprint density at radius 2 is 1.26 bits per heavy atom. The van der Waals surface area contributed by atoms with Crippen LogP contribution in [0.4, 0.5) is 0 Å². The number of hydrogen-bond acceptors (Lipinski definition) is 13. The first-order valence-corrected chi connectivity index (χ1v) is 12.4. The molecule has 3 unspecified atom stereocenters. The van der Waals surface area contributed by atoms with Crippen molar-refractivity contribution in [3.8, 4) is 0 Å². The van der Waals surface area contributed by atoms with E-state index < -0.39 is 62.2 Å². The van der Waals surface area contributed by atoms with Gasteiger partial charge in [0.25, 0.3) is 0 Å². The molecule has 1 aliphatic rings. The molecular formula is C20H33O13P.